The van der Waals surface area contributed by atoms with E-state index < -0.39 is 0 Å². The summed E-state index contributed by atoms with van der Waals surface area (Å²) in [5, 5.41) is 11.9. The van der Waals surface area contributed by atoms with Gasteiger partial charge in [0.15, 0.2) is 0 Å². The molecule has 0 saturated heterocycles. The summed E-state index contributed by atoms with van der Waals surface area (Å²) in [4.78, 5) is 4.22. The number of hydrogen-bond acceptors (Lipinski definition) is 4. The normalized spacial score (nSPS) is 19.2. The van der Waals surface area contributed by atoms with E-state index in [1.54, 1.807) is 6.33 Å². The molecule has 2 aromatic heterocycles. The van der Waals surface area contributed by atoms with Gasteiger partial charge in [-0.15, -0.1) is 0 Å². The van der Waals surface area contributed by atoms with Gasteiger partial charge in [-0.3, -0.25) is 4.68 Å². The minimum Gasteiger partial charge on any atom is -0.310 e. The van der Waals surface area contributed by atoms with E-state index in [0.717, 1.165) is 38.3 Å². The number of aryl methyl sites for hydroxylation is 1. The van der Waals surface area contributed by atoms with Gasteiger partial charge < -0.3 is 5.32 Å². The van der Waals surface area contributed by atoms with Crippen LogP contribution in [0.25, 0.3) is 0 Å². The fourth-order valence-corrected chi connectivity index (χ4v) is 2.22. The lowest BCUT2D eigenvalue weighted by atomic mass is 10.1. The van der Waals surface area contributed by atoms with Crippen molar-refractivity contribution in [2.45, 2.75) is 32.0 Å². The van der Waals surface area contributed by atoms with Crippen molar-refractivity contribution >= 4 is 0 Å². The highest BCUT2D eigenvalue weighted by atomic mass is 15.3. The van der Waals surface area contributed by atoms with E-state index in [9.17, 15) is 0 Å². The average Bonchev–Trinajstić information content (AvgIpc) is 2.98. The molecule has 1 atom stereocenters. The number of rotatable bonds is 4. The maximum Gasteiger partial charge on any atom is 0.138 e. The number of fused-ring (bicyclic) bond motifs is 1. The first-order valence-corrected chi connectivity index (χ1v) is 5.99. The number of aromatic nitrogens is 5. The van der Waals surface area contributed by atoms with Gasteiger partial charge in [0, 0.05) is 31.4 Å². The summed E-state index contributed by atoms with van der Waals surface area (Å²) in [5.74, 6) is 1.11. The summed E-state index contributed by atoms with van der Waals surface area (Å²) < 4.78 is 3.94. The molecule has 3 rings (SSSR count). The number of nitrogens with one attached hydrogen (secondary N) is 1. The first kappa shape index (κ1) is 10.5. The minimum absolute atomic E-state index is 0.500. The molecule has 17 heavy (non-hydrogen) atoms. The quantitative estimate of drug-likeness (QED) is 0.811. The zero-order valence-electron chi connectivity index (χ0n) is 9.66. The van der Waals surface area contributed by atoms with E-state index in [2.05, 4.69) is 20.5 Å². The maximum absolute atomic E-state index is 4.22. The van der Waals surface area contributed by atoms with Crippen molar-refractivity contribution in [3.05, 3.63) is 30.6 Å². The minimum atomic E-state index is 0.500. The summed E-state index contributed by atoms with van der Waals surface area (Å²) in [5.41, 5.74) is 0. The zero-order valence-corrected chi connectivity index (χ0v) is 9.66. The van der Waals surface area contributed by atoms with E-state index in [1.165, 1.54) is 0 Å². The van der Waals surface area contributed by atoms with Gasteiger partial charge in [-0.25, -0.2) is 9.67 Å². The summed E-state index contributed by atoms with van der Waals surface area (Å²) in [6.45, 7) is 2.78. The molecular weight excluding hydrogens is 216 g/mol. The Bertz CT molecular complexity index is 460. The third-order valence-electron chi connectivity index (χ3n) is 3.14. The molecule has 0 bridgehead atoms. The van der Waals surface area contributed by atoms with Crippen molar-refractivity contribution in [3.63, 3.8) is 0 Å². The molecule has 0 aliphatic carbocycles. The van der Waals surface area contributed by atoms with Crippen molar-refractivity contribution in [2.75, 3.05) is 6.54 Å². The molecule has 0 saturated carbocycles. The van der Waals surface area contributed by atoms with Gasteiger partial charge in [0.2, 0.25) is 0 Å². The fourth-order valence-electron chi connectivity index (χ4n) is 2.22. The number of hydrogen-bond donors (Lipinski definition) is 1. The molecule has 3 heterocycles. The van der Waals surface area contributed by atoms with Gasteiger partial charge in [0.1, 0.15) is 12.2 Å². The highest BCUT2D eigenvalue weighted by Gasteiger charge is 2.18. The second-order valence-corrected chi connectivity index (χ2v) is 4.32. The highest BCUT2D eigenvalue weighted by molar-refractivity contribution is 4.92. The summed E-state index contributed by atoms with van der Waals surface area (Å²) in [6, 6.07) is 2.45. The van der Waals surface area contributed by atoms with Crippen molar-refractivity contribution in [1.82, 2.24) is 29.9 Å². The molecule has 0 aromatic carbocycles. The van der Waals surface area contributed by atoms with Crippen LogP contribution in [0.2, 0.25) is 0 Å². The van der Waals surface area contributed by atoms with Crippen molar-refractivity contribution in [1.29, 1.82) is 0 Å². The Morgan fingerprint density at radius 3 is 3.29 bits per heavy atom. The van der Waals surface area contributed by atoms with Crippen LogP contribution >= 0.6 is 0 Å². The van der Waals surface area contributed by atoms with Gasteiger partial charge in [-0.2, -0.15) is 10.2 Å². The van der Waals surface area contributed by atoms with Crippen LogP contribution < -0.4 is 5.32 Å². The monoisotopic (exact) mass is 232 g/mol. The molecule has 90 valence electrons. The van der Waals surface area contributed by atoms with Gasteiger partial charge >= 0.3 is 0 Å². The second-order valence-electron chi connectivity index (χ2n) is 4.32. The molecule has 0 radical (unpaired) electrons. The van der Waals surface area contributed by atoms with E-state index in [-0.39, 0.29) is 0 Å². The van der Waals surface area contributed by atoms with E-state index in [1.807, 2.05) is 27.8 Å². The number of nitrogens with zero attached hydrogens (tertiary/aromatic N) is 5. The molecule has 0 unspecified atom stereocenters. The molecular formula is C11H16N6. The SMILES string of the molecule is c1cnn(CCN[C@@H]2CCc3ncnn3C2)c1. The Hall–Kier alpha value is -1.69. The Morgan fingerprint density at radius 1 is 1.41 bits per heavy atom. The molecule has 6 nitrogen and oxygen atoms in total. The fraction of sp³-hybridized carbons (Fsp3) is 0.545. The van der Waals surface area contributed by atoms with Gasteiger partial charge in [-0.1, -0.05) is 0 Å². The molecule has 1 aliphatic heterocycles. The molecule has 2 aromatic rings. The Balaban J connectivity index is 1.48. The molecule has 6 heteroatoms. The van der Waals surface area contributed by atoms with Crippen LogP contribution in [0.15, 0.2) is 24.8 Å². The van der Waals surface area contributed by atoms with E-state index in [4.69, 9.17) is 0 Å². The molecule has 0 amide bonds. The molecule has 0 fully saturated rings. The molecule has 0 spiro atoms. The van der Waals surface area contributed by atoms with Gasteiger partial charge in [-0.05, 0) is 12.5 Å². The largest absolute Gasteiger partial charge is 0.310 e. The van der Waals surface area contributed by atoms with Crippen LogP contribution in [0, 0.1) is 0 Å². The van der Waals surface area contributed by atoms with Crippen LogP contribution in [0.5, 0.6) is 0 Å². The third kappa shape index (κ3) is 2.36. The zero-order chi connectivity index (χ0) is 11.5. The average molecular weight is 232 g/mol. The predicted molar refractivity (Wildman–Crippen MR) is 62.4 cm³/mol. The predicted octanol–water partition coefficient (Wildman–Crippen LogP) is 0.0792. The Labute approximate surface area is 99.7 Å². The van der Waals surface area contributed by atoms with Crippen LogP contribution in [0.3, 0.4) is 0 Å². The summed E-state index contributed by atoms with van der Waals surface area (Å²) in [7, 11) is 0. The Kier molecular flexibility index (Phi) is 2.87. The van der Waals surface area contributed by atoms with Gasteiger partial charge in [0.05, 0.1) is 13.1 Å². The lowest BCUT2D eigenvalue weighted by Crippen LogP contribution is -2.39. The first-order valence-electron chi connectivity index (χ1n) is 5.99. The Morgan fingerprint density at radius 2 is 2.41 bits per heavy atom. The van der Waals surface area contributed by atoms with Crippen LogP contribution in [0.1, 0.15) is 12.2 Å². The van der Waals surface area contributed by atoms with E-state index >= 15 is 0 Å². The van der Waals surface area contributed by atoms with Crippen LogP contribution in [0.4, 0.5) is 0 Å². The van der Waals surface area contributed by atoms with Gasteiger partial charge in [0.25, 0.3) is 0 Å². The second kappa shape index (κ2) is 4.67. The third-order valence-corrected chi connectivity index (χ3v) is 3.14. The first-order chi connectivity index (χ1) is 8.42. The van der Waals surface area contributed by atoms with Crippen molar-refractivity contribution in [3.8, 4) is 0 Å². The van der Waals surface area contributed by atoms with Crippen LogP contribution in [-0.2, 0) is 19.5 Å². The van der Waals surface area contributed by atoms with Crippen molar-refractivity contribution < 1.29 is 0 Å². The lowest BCUT2D eigenvalue weighted by molar-refractivity contribution is 0.352. The standard InChI is InChI=1S/C11H16N6/c1-4-14-16(6-1)7-5-12-10-2-3-11-13-9-15-17(11)8-10/h1,4,6,9-10,12H,2-3,5,7-8H2/t10-/m1/s1. The highest BCUT2D eigenvalue weighted by Crippen LogP contribution is 2.10. The van der Waals surface area contributed by atoms with Crippen molar-refractivity contribution in [2.24, 2.45) is 0 Å². The lowest BCUT2D eigenvalue weighted by Gasteiger charge is -2.23. The smallest absolute Gasteiger partial charge is 0.138 e. The van der Waals surface area contributed by atoms with Crippen LogP contribution in [-0.4, -0.2) is 37.1 Å². The molecule has 1 aliphatic rings. The summed E-state index contributed by atoms with van der Waals surface area (Å²) in [6.07, 6.45) is 7.58. The summed E-state index contributed by atoms with van der Waals surface area (Å²) >= 11 is 0. The molecule has 1 N–H and O–H groups in total. The van der Waals surface area contributed by atoms with E-state index in [0.29, 0.717) is 6.04 Å². The maximum atomic E-state index is 4.22. The topological polar surface area (TPSA) is 60.6 Å².